The van der Waals surface area contributed by atoms with Gasteiger partial charge in [0.05, 0.1) is 24.5 Å². The summed E-state index contributed by atoms with van der Waals surface area (Å²) >= 11 is 0. The number of hydrogen-bond acceptors (Lipinski definition) is 4. The summed E-state index contributed by atoms with van der Waals surface area (Å²) in [5, 5.41) is 8.02. The van der Waals surface area contributed by atoms with E-state index < -0.39 is 0 Å². The molecule has 0 aromatic carbocycles. The van der Waals surface area contributed by atoms with E-state index in [1.165, 1.54) is 32.4 Å². The number of hydrogen-bond donors (Lipinski definition) is 1. The van der Waals surface area contributed by atoms with Crippen molar-refractivity contribution in [1.29, 1.82) is 0 Å². The van der Waals surface area contributed by atoms with E-state index in [4.69, 9.17) is 4.74 Å². The van der Waals surface area contributed by atoms with Crippen LogP contribution < -0.4 is 5.32 Å². The highest BCUT2D eigenvalue weighted by molar-refractivity contribution is 5.39. The average Bonchev–Trinajstić information content (AvgIpc) is 3.05. The van der Waals surface area contributed by atoms with Gasteiger partial charge in [0.1, 0.15) is 0 Å². The van der Waals surface area contributed by atoms with Crippen molar-refractivity contribution in [1.82, 2.24) is 14.7 Å². The first-order valence-corrected chi connectivity index (χ1v) is 7.39. The Morgan fingerprint density at radius 3 is 2.95 bits per heavy atom. The Morgan fingerprint density at radius 2 is 2.21 bits per heavy atom. The molecule has 1 unspecified atom stereocenters. The van der Waals surface area contributed by atoms with Crippen LogP contribution in [-0.4, -0.2) is 53.6 Å². The second-order valence-electron chi connectivity index (χ2n) is 5.81. The first-order chi connectivity index (χ1) is 9.29. The van der Waals surface area contributed by atoms with Gasteiger partial charge in [0.15, 0.2) is 0 Å². The number of likely N-dealkylation sites (tertiary alicyclic amines) is 1. The lowest BCUT2D eigenvalue weighted by molar-refractivity contribution is 0.0940. The van der Waals surface area contributed by atoms with Crippen molar-refractivity contribution in [3.63, 3.8) is 0 Å². The third-order valence-electron chi connectivity index (χ3n) is 4.14. The fourth-order valence-electron chi connectivity index (χ4n) is 2.92. The van der Waals surface area contributed by atoms with Crippen LogP contribution in [0.3, 0.4) is 0 Å². The SMILES string of the molecule is CN1CCC(Nc2cnn(CC3CCCO3)c2)CC1. The number of rotatable bonds is 4. The van der Waals surface area contributed by atoms with Gasteiger partial charge in [-0.3, -0.25) is 4.68 Å². The van der Waals surface area contributed by atoms with E-state index >= 15 is 0 Å². The van der Waals surface area contributed by atoms with Crippen LogP contribution in [0.15, 0.2) is 12.4 Å². The van der Waals surface area contributed by atoms with Crippen molar-refractivity contribution in [3.05, 3.63) is 12.4 Å². The highest BCUT2D eigenvalue weighted by atomic mass is 16.5. The molecule has 0 bridgehead atoms. The molecule has 0 amide bonds. The van der Waals surface area contributed by atoms with Crippen molar-refractivity contribution in [2.75, 3.05) is 32.1 Å². The van der Waals surface area contributed by atoms with Gasteiger partial charge < -0.3 is 15.0 Å². The normalized spacial score (nSPS) is 25.8. The molecule has 0 saturated carbocycles. The molecule has 0 spiro atoms. The predicted molar refractivity (Wildman–Crippen MR) is 75.3 cm³/mol. The third kappa shape index (κ3) is 3.48. The van der Waals surface area contributed by atoms with Gasteiger partial charge in [0.2, 0.25) is 0 Å². The second-order valence-corrected chi connectivity index (χ2v) is 5.81. The Bertz CT molecular complexity index is 392. The maximum Gasteiger partial charge on any atom is 0.0771 e. The molecule has 3 rings (SSSR count). The molecule has 2 saturated heterocycles. The molecular formula is C14H24N4O. The molecular weight excluding hydrogens is 240 g/mol. The van der Waals surface area contributed by atoms with Gasteiger partial charge in [-0.25, -0.2) is 0 Å². The number of aromatic nitrogens is 2. The van der Waals surface area contributed by atoms with Crippen molar-refractivity contribution >= 4 is 5.69 Å². The first-order valence-electron chi connectivity index (χ1n) is 7.39. The maximum atomic E-state index is 5.64. The molecule has 2 aliphatic rings. The van der Waals surface area contributed by atoms with E-state index in [1.807, 2.05) is 10.9 Å². The average molecular weight is 264 g/mol. The minimum atomic E-state index is 0.357. The van der Waals surface area contributed by atoms with E-state index in [1.54, 1.807) is 0 Å². The van der Waals surface area contributed by atoms with Crippen molar-refractivity contribution in [2.24, 2.45) is 0 Å². The van der Waals surface area contributed by atoms with Crippen LogP contribution >= 0.6 is 0 Å². The van der Waals surface area contributed by atoms with Gasteiger partial charge in [-0.15, -0.1) is 0 Å². The zero-order valence-corrected chi connectivity index (χ0v) is 11.7. The molecule has 1 atom stereocenters. The smallest absolute Gasteiger partial charge is 0.0771 e. The predicted octanol–water partition coefficient (Wildman–Crippen LogP) is 1.57. The maximum absolute atomic E-state index is 5.64. The molecule has 2 aliphatic heterocycles. The Labute approximate surface area is 114 Å². The third-order valence-corrected chi connectivity index (χ3v) is 4.14. The molecule has 5 nitrogen and oxygen atoms in total. The van der Waals surface area contributed by atoms with Crippen LogP contribution in [0.4, 0.5) is 5.69 Å². The zero-order chi connectivity index (χ0) is 13.1. The molecule has 0 aliphatic carbocycles. The summed E-state index contributed by atoms with van der Waals surface area (Å²) in [7, 11) is 2.19. The second kappa shape index (κ2) is 5.92. The highest BCUT2D eigenvalue weighted by Gasteiger charge is 2.18. The Morgan fingerprint density at radius 1 is 1.37 bits per heavy atom. The van der Waals surface area contributed by atoms with Crippen LogP contribution in [0.2, 0.25) is 0 Å². The summed E-state index contributed by atoms with van der Waals surface area (Å²) < 4.78 is 7.65. The molecule has 0 radical (unpaired) electrons. The van der Waals surface area contributed by atoms with Crippen LogP contribution in [0, 0.1) is 0 Å². The van der Waals surface area contributed by atoms with E-state index in [2.05, 4.69) is 28.6 Å². The van der Waals surface area contributed by atoms with Crippen LogP contribution in [-0.2, 0) is 11.3 Å². The summed E-state index contributed by atoms with van der Waals surface area (Å²) in [5.41, 5.74) is 1.15. The van der Waals surface area contributed by atoms with E-state index in [0.717, 1.165) is 25.3 Å². The van der Waals surface area contributed by atoms with Crippen molar-refractivity contribution in [2.45, 2.75) is 44.4 Å². The Balaban J connectivity index is 1.50. The van der Waals surface area contributed by atoms with Gasteiger partial charge in [-0.05, 0) is 45.8 Å². The number of nitrogens with one attached hydrogen (secondary N) is 1. The quantitative estimate of drug-likeness (QED) is 0.896. The molecule has 2 fully saturated rings. The topological polar surface area (TPSA) is 42.3 Å². The minimum Gasteiger partial charge on any atom is -0.380 e. The Hall–Kier alpha value is -1.07. The lowest BCUT2D eigenvalue weighted by Crippen LogP contribution is -2.36. The number of nitrogens with zero attached hydrogens (tertiary/aromatic N) is 3. The van der Waals surface area contributed by atoms with Crippen LogP contribution in [0.25, 0.3) is 0 Å². The molecule has 5 heteroatoms. The van der Waals surface area contributed by atoms with Gasteiger partial charge in [-0.1, -0.05) is 0 Å². The van der Waals surface area contributed by atoms with E-state index in [-0.39, 0.29) is 0 Å². The number of anilines is 1. The minimum absolute atomic E-state index is 0.357. The largest absolute Gasteiger partial charge is 0.380 e. The summed E-state index contributed by atoms with van der Waals surface area (Å²) in [4.78, 5) is 2.39. The molecule has 1 N–H and O–H groups in total. The van der Waals surface area contributed by atoms with Gasteiger partial charge in [-0.2, -0.15) is 5.10 Å². The fourth-order valence-corrected chi connectivity index (χ4v) is 2.92. The monoisotopic (exact) mass is 264 g/mol. The summed E-state index contributed by atoms with van der Waals surface area (Å²) in [6.07, 6.45) is 9.19. The summed E-state index contributed by atoms with van der Waals surface area (Å²) in [6, 6.07) is 0.594. The Kier molecular flexibility index (Phi) is 4.03. The zero-order valence-electron chi connectivity index (χ0n) is 11.7. The van der Waals surface area contributed by atoms with Crippen molar-refractivity contribution in [3.8, 4) is 0 Å². The number of piperidine rings is 1. The molecule has 1 aromatic heterocycles. The molecule has 3 heterocycles. The van der Waals surface area contributed by atoms with E-state index in [0.29, 0.717) is 12.1 Å². The summed E-state index contributed by atoms with van der Waals surface area (Å²) in [5.74, 6) is 0. The summed E-state index contributed by atoms with van der Waals surface area (Å²) in [6.45, 7) is 4.16. The van der Waals surface area contributed by atoms with Crippen LogP contribution in [0.5, 0.6) is 0 Å². The number of ether oxygens (including phenoxy) is 1. The first kappa shape index (κ1) is 12.9. The van der Waals surface area contributed by atoms with Crippen LogP contribution in [0.1, 0.15) is 25.7 Å². The lowest BCUT2D eigenvalue weighted by atomic mass is 10.1. The fraction of sp³-hybridized carbons (Fsp3) is 0.786. The highest BCUT2D eigenvalue weighted by Crippen LogP contribution is 2.17. The lowest BCUT2D eigenvalue weighted by Gasteiger charge is -2.29. The molecule has 19 heavy (non-hydrogen) atoms. The van der Waals surface area contributed by atoms with E-state index in [9.17, 15) is 0 Å². The standard InChI is InChI=1S/C14H24N4O/c1-17-6-4-12(5-7-17)16-13-9-15-18(10-13)11-14-3-2-8-19-14/h9-10,12,14,16H,2-8,11H2,1H3. The molecule has 106 valence electrons. The molecule has 1 aromatic rings. The van der Waals surface area contributed by atoms with Gasteiger partial charge >= 0.3 is 0 Å². The van der Waals surface area contributed by atoms with Crippen molar-refractivity contribution < 1.29 is 4.74 Å². The van der Waals surface area contributed by atoms with Gasteiger partial charge in [0.25, 0.3) is 0 Å². The van der Waals surface area contributed by atoms with Gasteiger partial charge in [0, 0.05) is 18.8 Å².